The van der Waals surface area contributed by atoms with Gasteiger partial charge in [0.25, 0.3) is 0 Å². The number of hydrogen-bond acceptors (Lipinski definition) is 1. The fraction of sp³-hybridized carbons (Fsp3) is 0.350. The Balaban J connectivity index is 1.55. The van der Waals surface area contributed by atoms with Crippen molar-refractivity contribution in [3.8, 4) is 0 Å². The van der Waals surface area contributed by atoms with Gasteiger partial charge < -0.3 is 15.5 Å². The minimum absolute atomic E-state index is 0.627. The molecule has 0 aliphatic carbocycles. The Hall–Kier alpha value is -1.62. The van der Waals surface area contributed by atoms with Crippen molar-refractivity contribution in [1.82, 2.24) is 5.32 Å². The third-order valence-corrected chi connectivity index (χ3v) is 5.16. The number of hydrogen-bond donors (Lipinski definition) is 3. The molecule has 1 saturated heterocycles. The molecule has 3 nitrogen and oxygen atoms in total. The number of anilines is 1. The second-order valence-electron chi connectivity index (χ2n) is 6.57. The lowest BCUT2D eigenvalue weighted by Crippen LogP contribution is -3.11. The predicted octanol–water partition coefficient (Wildman–Crippen LogP) is 3.40. The molecule has 3 rings (SSSR count). The number of piperidine rings is 1. The van der Waals surface area contributed by atoms with E-state index < -0.39 is 0 Å². The number of quaternary nitrogens is 1. The molecule has 0 aromatic heterocycles. The molecule has 5 heteroatoms. The van der Waals surface area contributed by atoms with Gasteiger partial charge in [-0.25, -0.2) is 0 Å². The monoisotopic (exact) mass is 374 g/mol. The van der Waals surface area contributed by atoms with Gasteiger partial charge in [-0.2, -0.15) is 0 Å². The maximum atomic E-state index is 5.91. The quantitative estimate of drug-likeness (QED) is 0.700. The summed E-state index contributed by atoms with van der Waals surface area (Å²) in [6, 6.07) is 16.2. The Morgan fingerprint density at radius 3 is 2.36 bits per heavy atom. The second kappa shape index (κ2) is 9.18. The number of rotatable bonds is 5. The van der Waals surface area contributed by atoms with Crippen molar-refractivity contribution in [3.05, 3.63) is 64.7 Å². The molecule has 3 N–H and O–H groups in total. The molecule has 0 saturated carbocycles. The zero-order valence-electron chi connectivity index (χ0n) is 14.4. The highest BCUT2D eigenvalue weighted by Gasteiger charge is 2.15. The minimum atomic E-state index is 0.627. The zero-order chi connectivity index (χ0) is 17.5. The average molecular weight is 375 g/mol. The van der Waals surface area contributed by atoms with Crippen molar-refractivity contribution < 1.29 is 4.90 Å². The van der Waals surface area contributed by atoms with E-state index in [1.54, 1.807) is 4.90 Å². The topological polar surface area (TPSA) is 28.5 Å². The first-order chi connectivity index (χ1) is 12.2. The molecule has 1 fully saturated rings. The lowest BCUT2D eigenvalue weighted by Gasteiger charge is -2.24. The summed E-state index contributed by atoms with van der Waals surface area (Å²) in [6.07, 6.45) is 4.09. The van der Waals surface area contributed by atoms with Crippen LogP contribution in [0.25, 0.3) is 0 Å². The summed E-state index contributed by atoms with van der Waals surface area (Å²) in [4.78, 5) is 1.69. The van der Waals surface area contributed by atoms with Gasteiger partial charge in [-0.1, -0.05) is 35.9 Å². The Kier molecular flexibility index (Phi) is 6.68. The van der Waals surface area contributed by atoms with Gasteiger partial charge in [0.15, 0.2) is 5.11 Å². The van der Waals surface area contributed by atoms with Crippen LogP contribution < -0.4 is 15.5 Å². The van der Waals surface area contributed by atoms with E-state index in [-0.39, 0.29) is 0 Å². The first kappa shape index (κ1) is 18.2. The molecule has 1 aliphatic heterocycles. The summed E-state index contributed by atoms with van der Waals surface area (Å²) < 4.78 is 0. The third-order valence-electron chi connectivity index (χ3n) is 4.66. The number of nitrogens with one attached hydrogen (secondary N) is 3. The van der Waals surface area contributed by atoms with E-state index in [1.807, 2.05) is 24.3 Å². The van der Waals surface area contributed by atoms with Gasteiger partial charge in [0.2, 0.25) is 0 Å². The van der Waals surface area contributed by atoms with Crippen LogP contribution in [0.3, 0.4) is 0 Å². The normalized spacial score (nSPS) is 14.9. The number of likely N-dealkylation sites (tertiary alicyclic amines) is 1. The lowest BCUT2D eigenvalue weighted by molar-refractivity contribution is -0.918. The van der Waals surface area contributed by atoms with Gasteiger partial charge in [-0.15, -0.1) is 0 Å². The Morgan fingerprint density at radius 1 is 0.960 bits per heavy atom. The molecule has 0 amide bonds. The predicted molar refractivity (Wildman–Crippen MR) is 109 cm³/mol. The molecule has 0 atom stereocenters. The van der Waals surface area contributed by atoms with E-state index in [1.165, 1.54) is 43.5 Å². The van der Waals surface area contributed by atoms with E-state index in [0.717, 1.165) is 23.8 Å². The van der Waals surface area contributed by atoms with Crippen LogP contribution in [-0.4, -0.2) is 18.2 Å². The van der Waals surface area contributed by atoms with Crippen LogP contribution in [-0.2, 0) is 13.1 Å². The molecular weight excluding hydrogens is 350 g/mol. The molecule has 0 unspecified atom stereocenters. The first-order valence-electron chi connectivity index (χ1n) is 8.91. The zero-order valence-corrected chi connectivity index (χ0v) is 15.9. The minimum Gasteiger partial charge on any atom is -0.358 e. The molecule has 0 spiro atoms. The van der Waals surface area contributed by atoms with Crippen LogP contribution in [0, 0.1) is 0 Å². The van der Waals surface area contributed by atoms with Gasteiger partial charge in [0, 0.05) is 22.8 Å². The van der Waals surface area contributed by atoms with Crippen LogP contribution in [0.5, 0.6) is 0 Å². The van der Waals surface area contributed by atoms with E-state index in [0.29, 0.717) is 5.11 Å². The Labute approximate surface area is 160 Å². The van der Waals surface area contributed by atoms with Crippen molar-refractivity contribution in [2.24, 2.45) is 0 Å². The highest BCUT2D eigenvalue weighted by molar-refractivity contribution is 7.80. The summed E-state index contributed by atoms with van der Waals surface area (Å²) in [5.41, 5.74) is 3.68. The van der Waals surface area contributed by atoms with Crippen molar-refractivity contribution in [3.63, 3.8) is 0 Å². The average Bonchev–Trinajstić information content (AvgIpc) is 2.64. The van der Waals surface area contributed by atoms with E-state index in [4.69, 9.17) is 23.8 Å². The fourth-order valence-corrected chi connectivity index (χ4v) is 3.60. The van der Waals surface area contributed by atoms with Gasteiger partial charge >= 0.3 is 0 Å². The molecule has 2 aromatic carbocycles. The highest BCUT2D eigenvalue weighted by atomic mass is 35.5. The Bertz CT molecular complexity index is 696. The standard InChI is InChI=1S/C20H24ClN3S/c21-18-8-10-19(11-9-18)23-20(25)22-14-16-6-2-3-7-17(16)15-24-12-4-1-5-13-24/h2-3,6-11H,1,4-5,12-15H2,(H2,22,23,25)/p+1. The largest absolute Gasteiger partial charge is 0.358 e. The highest BCUT2D eigenvalue weighted by Crippen LogP contribution is 2.13. The molecule has 1 heterocycles. The summed E-state index contributed by atoms with van der Waals surface area (Å²) in [5, 5.41) is 7.86. The molecule has 25 heavy (non-hydrogen) atoms. The van der Waals surface area contributed by atoms with Crippen molar-refractivity contribution >= 4 is 34.6 Å². The van der Waals surface area contributed by atoms with Crippen molar-refractivity contribution in [1.29, 1.82) is 0 Å². The number of halogens is 1. The summed E-state index contributed by atoms with van der Waals surface area (Å²) >= 11 is 11.3. The summed E-state index contributed by atoms with van der Waals surface area (Å²) in [6.45, 7) is 4.43. The van der Waals surface area contributed by atoms with E-state index >= 15 is 0 Å². The van der Waals surface area contributed by atoms with Crippen LogP contribution in [0.2, 0.25) is 5.02 Å². The molecular formula is C20H25ClN3S+. The third kappa shape index (κ3) is 5.70. The molecule has 0 radical (unpaired) electrons. The summed E-state index contributed by atoms with van der Waals surface area (Å²) in [7, 11) is 0. The SMILES string of the molecule is S=C(NCc1ccccc1C[NH+]1CCCCC1)Nc1ccc(Cl)cc1. The van der Waals surface area contributed by atoms with Crippen LogP contribution >= 0.6 is 23.8 Å². The maximum absolute atomic E-state index is 5.91. The van der Waals surface area contributed by atoms with Gasteiger partial charge in [-0.3, -0.25) is 0 Å². The van der Waals surface area contributed by atoms with Crippen LogP contribution in [0.4, 0.5) is 5.69 Å². The lowest BCUT2D eigenvalue weighted by atomic mass is 10.0. The van der Waals surface area contributed by atoms with Gasteiger partial charge in [-0.05, 0) is 61.3 Å². The second-order valence-corrected chi connectivity index (χ2v) is 7.42. The summed E-state index contributed by atoms with van der Waals surface area (Å²) in [5.74, 6) is 0. The van der Waals surface area contributed by atoms with Gasteiger partial charge in [0.1, 0.15) is 6.54 Å². The van der Waals surface area contributed by atoms with Crippen LogP contribution in [0.15, 0.2) is 48.5 Å². The van der Waals surface area contributed by atoms with Crippen molar-refractivity contribution in [2.45, 2.75) is 32.4 Å². The van der Waals surface area contributed by atoms with Gasteiger partial charge in [0.05, 0.1) is 13.1 Å². The molecule has 132 valence electrons. The smallest absolute Gasteiger partial charge is 0.171 e. The number of benzene rings is 2. The number of thiocarbonyl (C=S) groups is 1. The van der Waals surface area contributed by atoms with Crippen molar-refractivity contribution in [2.75, 3.05) is 18.4 Å². The Morgan fingerprint density at radius 2 is 1.64 bits per heavy atom. The molecule has 2 aromatic rings. The molecule has 1 aliphatic rings. The van der Waals surface area contributed by atoms with E-state index in [9.17, 15) is 0 Å². The van der Waals surface area contributed by atoms with E-state index in [2.05, 4.69) is 34.9 Å². The first-order valence-corrected chi connectivity index (χ1v) is 9.70. The molecule has 0 bridgehead atoms. The maximum Gasteiger partial charge on any atom is 0.171 e. The van der Waals surface area contributed by atoms with Crippen LogP contribution in [0.1, 0.15) is 30.4 Å². The fourth-order valence-electron chi connectivity index (χ4n) is 3.28.